The van der Waals surface area contributed by atoms with Gasteiger partial charge in [0, 0.05) is 11.6 Å². The molecule has 2 aliphatic rings. The average Bonchev–Trinajstić information content (AvgIpc) is 3.21. The molecular formula is C14H15NO8. The van der Waals surface area contributed by atoms with Gasteiger partial charge in [-0.2, -0.15) is 0 Å². The number of benzene rings is 1. The topological polar surface area (TPSA) is 117 Å². The normalized spacial score (nSPS) is 19.5. The Morgan fingerprint density at radius 3 is 2.09 bits per heavy atom. The first kappa shape index (κ1) is 15.8. The molecule has 0 saturated carbocycles. The Kier molecular flexibility index (Phi) is 4.53. The van der Waals surface area contributed by atoms with Crippen molar-refractivity contribution in [2.45, 2.75) is 18.5 Å². The van der Waals surface area contributed by atoms with Gasteiger partial charge in [0.2, 0.25) is 0 Å². The summed E-state index contributed by atoms with van der Waals surface area (Å²) in [5.41, 5.74) is -0.126. The monoisotopic (exact) mass is 325 g/mol. The van der Waals surface area contributed by atoms with E-state index in [2.05, 4.69) is 0 Å². The van der Waals surface area contributed by atoms with Crippen molar-refractivity contribution < 1.29 is 33.8 Å². The highest BCUT2D eigenvalue weighted by Gasteiger charge is 2.42. The van der Waals surface area contributed by atoms with Gasteiger partial charge < -0.3 is 24.1 Å². The van der Waals surface area contributed by atoms with Crippen molar-refractivity contribution in [3.63, 3.8) is 0 Å². The van der Waals surface area contributed by atoms with Crippen LogP contribution in [0.3, 0.4) is 0 Å². The maximum Gasteiger partial charge on any atom is 0.335 e. The maximum atomic E-state index is 11.3. The van der Waals surface area contributed by atoms with Crippen LogP contribution in [0.5, 0.6) is 0 Å². The Morgan fingerprint density at radius 1 is 1.13 bits per heavy atom. The molecule has 3 rings (SSSR count). The van der Waals surface area contributed by atoms with E-state index in [-0.39, 0.29) is 16.8 Å². The third kappa shape index (κ3) is 3.17. The molecule has 0 radical (unpaired) electrons. The highest BCUT2D eigenvalue weighted by Crippen LogP contribution is 2.38. The van der Waals surface area contributed by atoms with E-state index in [0.717, 1.165) is 6.07 Å². The van der Waals surface area contributed by atoms with Crippen molar-refractivity contribution in [2.75, 3.05) is 26.4 Å². The van der Waals surface area contributed by atoms with Crippen molar-refractivity contribution in [2.24, 2.45) is 0 Å². The quantitative estimate of drug-likeness (QED) is 0.632. The second-order valence-corrected chi connectivity index (χ2v) is 5.08. The lowest BCUT2D eigenvalue weighted by atomic mass is 9.94. The molecule has 1 aromatic carbocycles. The Hall–Kier alpha value is -2.07. The van der Waals surface area contributed by atoms with Gasteiger partial charge in [-0.25, -0.2) is 4.79 Å². The Bertz CT molecular complexity index is 591. The minimum Gasteiger partial charge on any atom is -0.478 e. The van der Waals surface area contributed by atoms with E-state index in [1.165, 1.54) is 12.1 Å². The lowest BCUT2D eigenvalue weighted by Gasteiger charge is -2.26. The molecular weight excluding hydrogens is 310 g/mol. The zero-order chi connectivity index (χ0) is 16.4. The molecule has 9 heteroatoms. The summed E-state index contributed by atoms with van der Waals surface area (Å²) in [6.45, 7) is 1.39. The molecule has 2 aliphatic heterocycles. The highest BCUT2D eigenvalue weighted by molar-refractivity contribution is 5.88. The number of hydrogen-bond donors (Lipinski definition) is 1. The molecule has 124 valence electrons. The number of carboxylic acid groups (broad SMARTS) is 1. The number of nitro groups is 1. The summed E-state index contributed by atoms with van der Waals surface area (Å²) in [5, 5.41) is 20.5. The summed E-state index contributed by atoms with van der Waals surface area (Å²) >= 11 is 0. The third-order valence-corrected chi connectivity index (χ3v) is 3.71. The number of aromatic carboxylic acids is 1. The average molecular weight is 325 g/mol. The van der Waals surface area contributed by atoms with Gasteiger partial charge in [-0.3, -0.25) is 10.1 Å². The van der Waals surface area contributed by atoms with Gasteiger partial charge >= 0.3 is 5.97 Å². The smallest absolute Gasteiger partial charge is 0.335 e. The van der Waals surface area contributed by atoms with E-state index in [9.17, 15) is 14.9 Å². The minimum atomic E-state index is -1.18. The highest BCUT2D eigenvalue weighted by atomic mass is 16.7. The van der Waals surface area contributed by atoms with Crippen molar-refractivity contribution in [3.05, 3.63) is 39.4 Å². The molecule has 23 heavy (non-hydrogen) atoms. The van der Waals surface area contributed by atoms with Crippen LogP contribution in [0.15, 0.2) is 18.2 Å². The van der Waals surface area contributed by atoms with Gasteiger partial charge in [0.15, 0.2) is 12.6 Å². The number of nitrogens with zero attached hydrogens (tertiary/aromatic N) is 1. The fraction of sp³-hybridized carbons (Fsp3) is 0.500. The lowest BCUT2D eigenvalue weighted by Crippen LogP contribution is -2.32. The largest absolute Gasteiger partial charge is 0.478 e. The van der Waals surface area contributed by atoms with E-state index in [4.69, 9.17) is 24.1 Å². The van der Waals surface area contributed by atoms with Crippen LogP contribution in [0.2, 0.25) is 0 Å². The number of hydrogen-bond acceptors (Lipinski definition) is 7. The van der Waals surface area contributed by atoms with Gasteiger partial charge in [-0.15, -0.1) is 0 Å². The van der Waals surface area contributed by atoms with Crippen LogP contribution in [-0.2, 0) is 18.9 Å². The molecule has 0 bridgehead atoms. The van der Waals surface area contributed by atoms with E-state index in [1.54, 1.807) is 0 Å². The summed E-state index contributed by atoms with van der Waals surface area (Å²) in [7, 11) is 0. The van der Waals surface area contributed by atoms with Crippen molar-refractivity contribution >= 4 is 11.7 Å². The number of nitro benzene ring substituents is 1. The first-order chi connectivity index (χ1) is 11.1. The minimum absolute atomic E-state index is 0.0633. The molecule has 0 atom stereocenters. The predicted octanol–water partition coefficient (Wildman–Crippen LogP) is 1.12. The molecule has 0 unspecified atom stereocenters. The van der Waals surface area contributed by atoms with Gasteiger partial charge in [0.05, 0.1) is 42.8 Å². The summed E-state index contributed by atoms with van der Waals surface area (Å²) in [6, 6.07) is 3.60. The van der Waals surface area contributed by atoms with Crippen molar-refractivity contribution in [1.29, 1.82) is 0 Å². The molecule has 9 nitrogen and oxygen atoms in total. The van der Waals surface area contributed by atoms with Crippen LogP contribution in [0.4, 0.5) is 5.69 Å². The summed E-state index contributed by atoms with van der Waals surface area (Å²) in [5.74, 6) is -1.93. The molecule has 2 heterocycles. The first-order valence-electron chi connectivity index (χ1n) is 7.06. The van der Waals surface area contributed by atoms with E-state index < -0.39 is 29.4 Å². The fourth-order valence-electron chi connectivity index (χ4n) is 2.71. The molecule has 1 aromatic rings. The summed E-state index contributed by atoms with van der Waals surface area (Å²) in [6.07, 6.45) is -1.58. The van der Waals surface area contributed by atoms with Crippen molar-refractivity contribution in [1.82, 2.24) is 0 Å². The molecule has 0 aromatic heterocycles. The van der Waals surface area contributed by atoms with Crippen LogP contribution in [0.1, 0.15) is 21.8 Å². The van der Waals surface area contributed by atoms with Crippen molar-refractivity contribution in [3.8, 4) is 0 Å². The van der Waals surface area contributed by atoms with Crippen LogP contribution < -0.4 is 0 Å². The second kappa shape index (κ2) is 6.59. The Labute approximate surface area is 130 Å². The standard InChI is InChI=1S/C14H15NO8/c16-12(17)8-1-2-10(15(18)19)9(7-8)11(13-20-3-4-21-13)14-22-5-6-23-14/h1-2,7,11,13-14H,3-6H2,(H,16,17). The Morgan fingerprint density at radius 2 is 1.65 bits per heavy atom. The van der Waals surface area contributed by atoms with E-state index >= 15 is 0 Å². The summed E-state index contributed by atoms with van der Waals surface area (Å²) < 4.78 is 21.9. The summed E-state index contributed by atoms with van der Waals surface area (Å²) in [4.78, 5) is 22.0. The zero-order valence-electron chi connectivity index (χ0n) is 12.0. The van der Waals surface area contributed by atoms with E-state index in [0.29, 0.717) is 26.4 Å². The zero-order valence-corrected chi connectivity index (χ0v) is 12.0. The van der Waals surface area contributed by atoms with E-state index in [1.807, 2.05) is 0 Å². The molecule has 0 amide bonds. The van der Waals surface area contributed by atoms with Gasteiger partial charge in [-0.05, 0) is 12.1 Å². The van der Waals surface area contributed by atoms with Crippen LogP contribution in [0.25, 0.3) is 0 Å². The lowest BCUT2D eigenvalue weighted by molar-refractivity contribution is -0.386. The number of ether oxygens (including phenoxy) is 4. The molecule has 1 N–H and O–H groups in total. The molecule has 2 saturated heterocycles. The second-order valence-electron chi connectivity index (χ2n) is 5.08. The van der Waals surface area contributed by atoms with Gasteiger partial charge in [0.1, 0.15) is 0 Å². The molecule has 2 fully saturated rings. The Balaban J connectivity index is 2.07. The third-order valence-electron chi connectivity index (χ3n) is 3.71. The first-order valence-corrected chi connectivity index (χ1v) is 7.06. The van der Waals surface area contributed by atoms with Gasteiger partial charge in [-0.1, -0.05) is 0 Å². The number of carbonyl (C=O) groups is 1. The number of carboxylic acids is 1. The fourth-order valence-corrected chi connectivity index (χ4v) is 2.71. The van der Waals surface area contributed by atoms with Crippen LogP contribution in [0, 0.1) is 10.1 Å². The number of rotatable bonds is 5. The van der Waals surface area contributed by atoms with Crippen LogP contribution in [-0.4, -0.2) is 55.0 Å². The van der Waals surface area contributed by atoms with Crippen LogP contribution >= 0.6 is 0 Å². The van der Waals surface area contributed by atoms with Gasteiger partial charge in [0.25, 0.3) is 5.69 Å². The predicted molar refractivity (Wildman–Crippen MR) is 74.2 cm³/mol. The SMILES string of the molecule is O=C(O)c1ccc([N+](=O)[O-])c(C(C2OCCO2)C2OCCO2)c1. The molecule has 0 aliphatic carbocycles. The maximum absolute atomic E-state index is 11.3. The molecule has 0 spiro atoms.